The predicted molar refractivity (Wildman–Crippen MR) is 45.3 cm³/mol. The highest BCUT2D eigenvalue weighted by Crippen LogP contribution is 1.88. The highest BCUT2D eigenvalue weighted by molar-refractivity contribution is 5.75. The van der Waals surface area contributed by atoms with E-state index in [4.69, 9.17) is 4.74 Å². The molecule has 0 spiro atoms. The molecule has 0 unspecified atom stereocenters. The van der Waals surface area contributed by atoms with E-state index >= 15 is 0 Å². The maximum atomic E-state index is 10.3. The number of hydrogen-bond acceptors (Lipinski definition) is 2. The van der Waals surface area contributed by atoms with Gasteiger partial charge in [0.05, 0.1) is 21.1 Å². The van der Waals surface area contributed by atoms with E-state index in [0.29, 0.717) is 6.61 Å². The van der Waals surface area contributed by atoms with E-state index in [-0.39, 0.29) is 14.4 Å². The second kappa shape index (κ2) is 5.19. The van der Waals surface area contributed by atoms with Crippen molar-refractivity contribution in [3.05, 3.63) is 0 Å². The fourth-order valence-electron chi connectivity index (χ4n) is 0.463. The minimum atomic E-state index is -0.201. The number of rotatable bonds is 3. The number of carbonyl (C=O) groups is 1. The van der Waals surface area contributed by atoms with E-state index in [1.165, 1.54) is 6.92 Å². The maximum absolute atomic E-state index is 10.3. The van der Waals surface area contributed by atoms with Gasteiger partial charge in [-0.25, -0.2) is 0 Å². The lowest BCUT2D eigenvalue weighted by molar-refractivity contribution is -0.870. The molecule has 0 aromatic rings. The van der Waals surface area contributed by atoms with Gasteiger partial charge in [0, 0.05) is 15.3 Å². The zero-order valence-corrected chi connectivity index (χ0v) is 7.76. The first-order valence-corrected chi connectivity index (χ1v) is 3.35. The van der Waals surface area contributed by atoms with Gasteiger partial charge in [0.25, 0.3) is 0 Å². The molecule has 0 N–H and O–H groups in total. The van der Waals surface area contributed by atoms with Crippen LogP contribution in [0.15, 0.2) is 0 Å². The van der Waals surface area contributed by atoms with Crippen molar-refractivity contribution in [2.45, 2.75) is 6.92 Å². The van der Waals surface area contributed by atoms with Crippen LogP contribution in [-0.4, -0.2) is 53.2 Å². The van der Waals surface area contributed by atoms with Crippen LogP contribution in [0.4, 0.5) is 0 Å². The number of esters is 1. The first-order valence-electron chi connectivity index (χ1n) is 3.35. The van der Waals surface area contributed by atoms with Crippen molar-refractivity contribution in [3.63, 3.8) is 0 Å². The van der Waals surface area contributed by atoms with Gasteiger partial charge in [0.15, 0.2) is 0 Å². The lowest BCUT2D eigenvalue weighted by atomic mass is 10.5. The molecule has 0 aliphatic heterocycles. The van der Waals surface area contributed by atoms with Crippen LogP contribution >= 0.6 is 0 Å². The topological polar surface area (TPSA) is 26.3 Å². The van der Waals surface area contributed by atoms with Crippen molar-refractivity contribution in [1.82, 2.24) is 0 Å². The van der Waals surface area contributed by atoms with Gasteiger partial charge in [-0.15, -0.1) is 0 Å². The average molecular weight is 157 g/mol. The van der Waals surface area contributed by atoms with Crippen LogP contribution in [0, 0.1) is 0 Å². The normalized spacial score (nSPS) is 10.2. The third kappa shape index (κ3) is 12.6. The van der Waals surface area contributed by atoms with Crippen LogP contribution in [0.5, 0.6) is 0 Å². The van der Waals surface area contributed by atoms with Crippen LogP contribution in [-0.2, 0) is 9.53 Å². The summed E-state index contributed by atoms with van der Waals surface area (Å²) in [5, 5.41) is 0. The van der Waals surface area contributed by atoms with Crippen LogP contribution in [0.1, 0.15) is 6.92 Å². The third-order valence-corrected chi connectivity index (χ3v) is 1.07. The first-order chi connectivity index (χ1) is 4.42. The molecule has 63 valence electrons. The molecule has 0 heterocycles. The Morgan fingerprint density at radius 3 is 2.09 bits per heavy atom. The van der Waals surface area contributed by atoms with Gasteiger partial charge in [-0.05, 0) is 0 Å². The van der Waals surface area contributed by atoms with Crippen LogP contribution in [0.3, 0.4) is 0 Å². The molecule has 3 nitrogen and oxygen atoms in total. The molecule has 0 bridgehead atoms. The Labute approximate surface area is 70.5 Å². The molecule has 0 aromatic carbocycles. The molecular formula is C7H16BNO2+. The van der Waals surface area contributed by atoms with Gasteiger partial charge in [0.1, 0.15) is 13.2 Å². The monoisotopic (exact) mass is 157 g/mol. The molecule has 0 fully saturated rings. The molecule has 0 amide bonds. The number of hydrogen-bond donors (Lipinski definition) is 0. The summed E-state index contributed by atoms with van der Waals surface area (Å²) < 4.78 is 5.59. The zero-order valence-electron chi connectivity index (χ0n) is 7.76. The van der Waals surface area contributed by atoms with Crippen molar-refractivity contribution < 1.29 is 14.0 Å². The summed E-state index contributed by atoms with van der Waals surface area (Å²) in [7, 11) is 6.18. The van der Waals surface area contributed by atoms with Crippen molar-refractivity contribution in [2.24, 2.45) is 0 Å². The third-order valence-electron chi connectivity index (χ3n) is 1.07. The summed E-state index contributed by atoms with van der Waals surface area (Å²) >= 11 is 0. The van der Waals surface area contributed by atoms with Gasteiger partial charge >= 0.3 is 5.97 Å². The van der Waals surface area contributed by atoms with Gasteiger partial charge in [-0.3, -0.25) is 4.79 Å². The second-order valence-corrected chi connectivity index (χ2v) is 3.35. The Morgan fingerprint density at radius 1 is 1.36 bits per heavy atom. The van der Waals surface area contributed by atoms with Crippen LogP contribution < -0.4 is 0 Å². The Kier molecular flexibility index (Phi) is 6.18. The summed E-state index contributed by atoms with van der Waals surface area (Å²) in [6.07, 6.45) is 0. The second-order valence-electron chi connectivity index (χ2n) is 3.35. The van der Waals surface area contributed by atoms with E-state index in [9.17, 15) is 4.79 Å². The SMILES string of the molecule is CC(=O)OCC[N+](C)(C)C.[B]. The Bertz CT molecular complexity index is 120. The predicted octanol–water partition coefficient (Wildman–Crippen LogP) is -0.125. The molecule has 0 aromatic heterocycles. The molecule has 0 rings (SSSR count). The first kappa shape index (κ1) is 13.1. The number of ether oxygens (including phenoxy) is 1. The molecule has 0 aliphatic carbocycles. The Morgan fingerprint density at radius 2 is 1.82 bits per heavy atom. The fraction of sp³-hybridized carbons (Fsp3) is 0.857. The fourth-order valence-corrected chi connectivity index (χ4v) is 0.463. The molecule has 0 aliphatic rings. The van der Waals surface area contributed by atoms with Crippen molar-refractivity contribution >= 4 is 14.4 Å². The summed E-state index contributed by atoms with van der Waals surface area (Å²) in [6.45, 7) is 2.80. The molecule has 3 radical (unpaired) electrons. The molecule has 0 atom stereocenters. The number of likely N-dealkylation sites (N-methyl/N-ethyl adjacent to an activating group) is 1. The molecule has 0 saturated carbocycles. The van der Waals surface area contributed by atoms with E-state index in [0.717, 1.165) is 11.0 Å². The minimum Gasteiger partial charge on any atom is -0.460 e. The number of carbonyl (C=O) groups excluding carboxylic acids is 1. The standard InChI is InChI=1S/C7H16NO2.B/c1-7(9)10-6-5-8(2,3)4;/h5-6H2,1-4H3;/q+1;. The summed E-state index contributed by atoms with van der Waals surface area (Å²) in [5.74, 6) is -0.201. The van der Waals surface area contributed by atoms with E-state index in [2.05, 4.69) is 21.1 Å². The lowest BCUT2D eigenvalue weighted by Gasteiger charge is -2.23. The summed E-state index contributed by atoms with van der Waals surface area (Å²) in [5.41, 5.74) is 0. The van der Waals surface area contributed by atoms with Gasteiger partial charge in [0.2, 0.25) is 0 Å². The minimum absolute atomic E-state index is 0. The molecular weight excluding hydrogens is 141 g/mol. The largest absolute Gasteiger partial charge is 0.460 e. The van der Waals surface area contributed by atoms with Crippen molar-refractivity contribution in [3.8, 4) is 0 Å². The maximum Gasteiger partial charge on any atom is 0.302 e. The zero-order chi connectivity index (χ0) is 8.20. The highest BCUT2D eigenvalue weighted by Gasteiger charge is 2.06. The quantitative estimate of drug-likeness (QED) is 0.324. The van der Waals surface area contributed by atoms with Crippen LogP contribution in [0.2, 0.25) is 0 Å². The molecule has 11 heavy (non-hydrogen) atoms. The Balaban J connectivity index is 0. The van der Waals surface area contributed by atoms with Gasteiger partial charge < -0.3 is 9.22 Å². The highest BCUT2D eigenvalue weighted by atomic mass is 16.5. The van der Waals surface area contributed by atoms with Crippen molar-refractivity contribution in [2.75, 3.05) is 34.3 Å². The number of quaternary nitrogens is 1. The average Bonchev–Trinajstić information content (AvgIpc) is 1.59. The smallest absolute Gasteiger partial charge is 0.302 e. The lowest BCUT2D eigenvalue weighted by Crippen LogP contribution is -2.37. The Hall–Kier alpha value is -0.505. The van der Waals surface area contributed by atoms with Gasteiger partial charge in [-0.1, -0.05) is 0 Å². The van der Waals surface area contributed by atoms with E-state index in [1.54, 1.807) is 0 Å². The summed E-state index contributed by atoms with van der Waals surface area (Å²) in [6, 6.07) is 0. The molecule has 0 saturated heterocycles. The van der Waals surface area contributed by atoms with E-state index in [1.807, 2.05) is 0 Å². The summed E-state index contributed by atoms with van der Waals surface area (Å²) in [4.78, 5) is 10.3. The molecule has 4 heteroatoms. The van der Waals surface area contributed by atoms with E-state index < -0.39 is 0 Å². The number of nitrogens with zero attached hydrogens (tertiary/aromatic N) is 1. The van der Waals surface area contributed by atoms with Crippen molar-refractivity contribution in [1.29, 1.82) is 0 Å². The van der Waals surface area contributed by atoms with Gasteiger partial charge in [-0.2, -0.15) is 0 Å². The van der Waals surface area contributed by atoms with Crippen LogP contribution in [0.25, 0.3) is 0 Å².